The van der Waals surface area contributed by atoms with Crippen molar-refractivity contribution in [3.05, 3.63) is 72.3 Å². The third-order valence-electron chi connectivity index (χ3n) is 4.16. The maximum absolute atomic E-state index is 12.3. The molecule has 0 fully saturated rings. The van der Waals surface area contributed by atoms with Crippen LogP contribution in [0.5, 0.6) is 23.0 Å². The summed E-state index contributed by atoms with van der Waals surface area (Å²) >= 11 is 0. The average Bonchev–Trinajstić information content (AvgIpc) is 2.63. The molecule has 3 nitrogen and oxygen atoms in total. The van der Waals surface area contributed by atoms with E-state index in [1.807, 2.05) is 24.3 Å². The van der Waals surface area contributed by atoms with Gasteiger partial charge in [0.25, 0.3) is 0 Å². The molecule has 0 heterocycles. The van der Waals surface area contributed by atoms with Crippen molar-refractivity contribution in [3.63, 3.8) is 0 Å². The minimum Gasteiger partial charge on any atom is -0.504 e. The predicted molar refractivity (Wildman–Crippen MR) is 101 cm³/mol. The standard InChI is InChI=1S/C22H19F3O3/c1-14(2)15-3-8-18(9-4-15)27-21-13-17(7-12-20(21)26)16-5-10-19(11-6-16)28-22(23,24)25/h3-14,26H,1-2H3. The number of hydrogen-bond donors (Lipinski definition) is 1. The van der Waals surface area contributed by atoms with Gasteiger partial charge < -0.3 is 14.6 Å². The molecule has 28 heavy (non-hydrogen) atoms. The summed E-state index contributed by atoms with van der Waals surface area (Å²) in [5, 5.41) is 10.1. The van der Waals surface area contributed by atoms with E-state index in [0.29, 0.717) is 22.8 Å². The highest BCUT2D eigenvalue weighted by atomic mass is 19.4. The van der Waals surface area contributed by atoms with Crippen LogP contribution in [0.25, 0.3) is 11.1 Å². The van der Waals surface area contributed by atoms with E-state index < -0.39 is 6.36 Å². The molecule has 3 rings (SSSR count). The predicted octanol–water partition coefficient (Wildman–Crippen LogP) is 6.87. The molecule has 0 radical (unpaired) electrons. The summed E-state index contributed by atoms with van der Waals surface area (Å²) in [6.45, 7) is 4.19. The van der Waals surface area contributed by atoms with Gasteiger partial charge in [-0.3, -0.25) is 0 Å². The lowest BCUT2D eigenvalue weighted by atomic mass is 10.0. The molecule has 0 aromatic heterocycles. The Kier molecular flexibility index (Phi) is 5.49. The van der Waals surface area contributed by atoms with Crippen LogP contribution in [0.15, 0.2) is 66.7 Å². The van der Waals surface area contributed by atoms with Crippen LogP contribution in [-0.2, 0) is 0 Å². The SMILES string of the molecule is CC(C)c1ccc(Oc2cc(-c3ccc(OC(F)(F)F)cc3)ccc2O)cc1. The maximum atomic E-state index is 12.3. The first kappa shape index (κ1) is 19.6. The Morgan fingerprint density at radius 3 is 1.93 bits per heavy atom. The molecule has 3 aromatic rings. The topological polar surface area (TPSA) is 38.7 Å². The molecule has 0 aliphatic rings. The fraction of sp³-hybridized carbons (Fsp3) is 0.182. The first-order chi connectivity index (χ1) is 13.2. The van der Waals surface area contributed by atoms with Crippen LogP contribution in [-0.4, -0.2) is 11.5 Å². The van der Waals surface area contributed by atoms with Gasteiger partial charge in [-0.2, -0.15) is 0 Å². The second-order valence-corrected chi connectivity index (χ2v) is 6.58. The van der Waals surface area contributed by atoms with Crippen LogP contribution >= 0.6 is 0 Å². The average molecular weight is 388 g/mol. The summed E-state index contributed by atoms with van der Waals surface area (Å²) in [7, 11) is 0. The lowest BCUT2D eigenvalue weighted by Gasteiger charge is -2.12. The van der Waals surface area contributed by atoms with Crippen LogP contribution in [0.4, 0.5) is 13.2 Å². The van der Waals surface area contributed by atoms with Gasteiger partial charge in [0.05, 0.1) is 0 Å². The van der Waals surface area contributed by atoms with Gasteiger partial charge in [0, 0.05) is 0 Å². The number of alkyl halides is 3. The highest BCUT2D eigenvalue weighted by molar-refractivity contribution is 5.68. The molecular formula is C22H19F3O3. The van der Waals surface area contributed by atoms with Crippen molar-refractivity contribution >= 4 is 0 Å². The summed E-state index contributed by atoms with van der Waals surface area (Å²) in [6.07, 6.45) is -4.73. The maximum Gasteiger partial charge on any atom is 0.573 e. The van der Waals surface area contributed by atoms with Crippen molar-refractivity contribution in [3.8, 4) is 34.1 Å². The van der Waals surface area contributed by atoms with E-state index in [1.165, 1.54) is 35.9 Å². The second kappa shape index (κ2) is 7.84. The number of benzene rings is 3. The Bertz CT molecular complexity index is 931. The van der Waals surface area contributed by atoms with Crippen molar-refractivity contribution in [1.29, 1.82) is 0 Å². The quantitative estimate of drug-likeness (QED) is 0.518. The molecule has 6 heteroatoms. The van der Waals surface area contributed by atoms with E-state index in [1.54, 1.807) is 12.1 Å². The zero-order chi connectivity index (χ0) is 20.3. The number of ether oxygens (including phenoxy) is 2. The molecule has 0 atom stereocenters. The zero-order valence-corrected chi connectivity index (χ0v) is 15.3. The summed E-state index contributed by atoms with van der Waals surface area (Å²) in [5.74, 6) is 0.900. The molecule has 1 N–H and O–H groups in total. The van der Waals surface area contributed by atoms with Crippen molar-refractivity contribution < 1.29 is 27.8 Å². The van der Waals surface area contributed by atoms with Gasteiger partial charge in [-0.15, -0.1) is 13.2 Å². The molecule has 0 spiro atoms. The third kappa shape index (κ3) is 4.97. The summed E-state index contributed by atoms with van der Waals surface area (Å²) in [5.41, 5.74) is 2.52. The molecule has 0 unspecified atom stereocenters. The van der Waals surface area contributed by atoms with Gasteiger partial charge in [0.1, 0.15) is 11.5 Å². The van der Waals surface area contributed by atoms with Crippen molar-refractivity contribution in [2.45, 2.75) is 26.1 Å². The summed E-state index contributed by atoms with van der Waals surface area (Å²) in [4.78, 5) is 0. The first-order valence-corrected chi connectivity index (χ1v) is 8.68. The number of phenolic OH excluding ortho intramolecular Hbond substituents is 1. The van der Waals surface area contributed by atoms with Crippen LogP contribution < -0.4 is 9.47 Å². The van der Waals surface area contributed by atoms with Crippen LogP contribution in [0.1, 0.15) is 25.3 Å². The highest BCUT2D eigenvalue weighted by Crippen LogP contribution is 2.36. The lowest BCUT2D eigenvalue weighted by Crippen LogP contribution is -2.16. The molecule has 146 valence electrons. The normalized spacial score (nSPS) is 11.5. The van der Waals surface area contributed by atoms with Crippen molar-refractivity contribution in [2.24, 2.45) is 0 Å². The van der Waals surface area contributed by atoms with E-state index in [2.05, 4.69) is 18.6 Å². The van der Waals surface area contributed by atoms with Crippen LogP contribution in [0, 0.1) is 0 Å². The van der Waals surface area contributed by atoms with E-state index >= 15 is 0 Å². The number of hydrogen-bond acceptors (Lipinski definition) is 3. The number of aromatic hydroxyl groups is 1. The lowest BCUT2D eigenvalue weighted by molar-refractivity contribution is -0.274. The molecule has 0 amide bonds. The van der Waals surface area contributed by atoms with Gasteiger partial charge in [-0.05, 0) is 59.0 Å². The van der Waals surface area contributed by atoms with E-state index in [9.17, 15) is 18.3 Å². The Balaban J connectivity index is 1.81. The first-order valence-electron chi connectivity index (χ1n) is 8.68. The smallest absolute Gasteiger partial charge is 0.504 e. The Hall–Kier alpha value is -3.15. The summed E-state index contributed by atoms with van der Waals surface area (Å²) < 4.78 is 46.5. The van der Waals surface area contributed by atoms with Crippen molar-refractivity contribution in [2.75, 3.05) is 0 Å². The molecule has 0 aliphatic heterocycles. The Morgan fingerprint density at radius 2 is 1.36 bits per heavy atom. The Morgan fingerprint density at radius 1 is 0.786 bits per heavy atom. The molecule has 3 aromatic carbocycles. The minimum absolute atomic E-state index is 0.0336. The Labute approximate surface area is 161 Å². The van der Waals surface area contributed by atoms with Crippen LogP contribution in [0.3, 0.4) is 0 Å². The zero-order valence-electron chi connectivity index (χ0n) is 15.3. The van der Waals surface area contributed by atoms with E-state index in [-0.39, 0.29) is 17.2 Å². The molecular weight excluding hydrogens is 369 g/mol. The second-order valence-electron chi connectivity index (χ2n) is 6.58. The van der Waals surface area contributed by atoms with Gasteiger partial charge in [0.2, 0.25) is 0 Å². The number of phenols is 1. The summed E-state index contributed by atoms with van der Waals surface area (Å²) in [6, 6.07) is 17.8. The van der Waals surface area contributed by atoms with Gasteiger partial charge in [-0.25, -0.2) is 0 Å². The third-order valence-corrected chi connectivity index (χ3v) is 4.16. The van der Waals surface area contributed by atoms with E-state index in [0.717, 1.165) is 0 Å². The largest absolute Gasteiger partial charge is 0.573 e. The molecule has 0 saturated carbocycles. The van der Waals surface area contributed by atoms with Crippen LogP contribution in [0.2, 0.25) is 0 Å². The van der Waals surface area contributed by atoms with Gasteiger partial charge in [-0.1, -0.05) is 44.2 Å². The molecule has 0 bridgehead atoms. The van der Waals surface area contributed by atoms with Gasteiger partial charge in [0.15, 0.2) is 11.5 Å². The fourth-order valence-electron chi connectivity index (χ4n) is 2.67. The number of rotatable bonds is 5. The fourth-order valence-corrected chi connectivity index (χ4v) is 2.67. The van der Waals surface area contributed by atoms with Gasteiger partial charge >= 0.3 is 6.36 Å². The highest BCUT2D eigenvalue weighted by Gasteiger charge is 2.30. The monoisotopic (exact) mass is 388 g/mol. The molecule has 0 saturated heterocycles. The van der Waals surface area contributed by atoms with Crippen molar-refractivity contribution in [1.82, 2.24) is 0 Å². The van der Waals surface area contributed by atoms with E-state index in [4.69, 9.17) is 4.74 Å². The minimum atomic E-state index is -4.73. The number of halogens is 3. The molecule has 0 aliphatic carbocycles.